The fourth-order valence-electron chi connectivity index (χ4n) is 4.56. The zero-order valence-corrected chi connectivity index (χ0v) is 23.3. The van der Waals surface area contributed by atoms with Crippen molar-refractivity contribution in [2.24, 2.45) is 0 Å². The first-order valence-electron chi connectivity index (χ1n) is 12.0. The number of ketones is 1. The van der Waals surface area contributed by atoms with Crippen LogP contribution in [0.25, 0.3) is 5.76 Å². The van der Waals surface area contributed by atoms with Gasteiger partial charge < -0.3 is 34.2 Å². The molecule has 9 nitrogen and oxygen atoms in total. The highest BCUT2D eigenvalue weighted by Gasteiger charge is 2.46. The summed E-state index contributed by atoms with van der Waals surface area (Å²) in [6.07, 6.45) is 0.623. The maximum absolute atomic E-state index is 13.4. The molecule has 37 heavy (non-hydrogen) atoms. The van der Waals surface area contributed by atoms with Crippen molar-refractivity contribution in [3.8, 4) is 23.0 Å². The van der Waals surface area contributed by atoms with Crippen LogP contribution in [0.15, 0.2) is 40.4 Å². The number of nitrogens with zero attached hydrogens (tertiary/aromatic N) is 2. The summed E-state index contributed by atoms with van der Waals surface area (Å²) in [4.78, 5) is 30.3. The number of methoxy groups -OCH3 is 3. The number of ether oxygens (including phenoxy) is 3. The SMILES string of the molecule is CCN(CC)CCCN1C(=O)C(=O)C(=C(O)c2cc(Br)ccc2O)C1c1cc(OC)c(OC)c(OC)c1. The van der Waals surface area contributed by atoms with Gasteiger partial charge in [0.25, 0.3) is 11.7 Å². The van der Waals surface area contributed by atoms with Gasteiger partial charge >= 0.3 is 0 Å². The van der Waals surface area contributed by atoms with E-state index in [0.717, 1.165) is 19.6 Å². The smallest absolute Gasteiger partial charge is 0.295 e. The number of rotatable bonds is 11. The maximum Gasteiger partial charge on any atom is 0.295 e. The lowest BCUT2D eigenvalue weighted by molar-refractivity contribution is -0.140. The highest BCUT2D eigenvalue weighted by molar-refractivity contribution is 9.10. The van der Waals surface area contributed by atoms with Gasteiger partial charge in [0.05, 0.1) is 38.5 Å². The van der Waals surface area contributed by atoms with E-state index in [2.05, 4.69) is 34.7 Å². The number of phenols is 1. The minimum absolute atomic E-state index is 0.0351. The molecule has 1 aliphatic rings. The number of likely N-dealkylation sites (tertiary alicyclic amines) is 1. The van der Waals surface area contributed by atoms with Gasteiger partial charge in [-0.2, -0.15) is 0 Å². The third-order valence-electron chi connectivity index (χ3n) is 6.52. The number of Topliss-reactive ketones (excluding diaryl/α,β-unsaturated/α-hetero) is 1. The van der Waals surface area contributed by atoms with Gasteiger partial charge in [0, 0.05) is 11.0 Å². The standard InChI is InChI=1S/C27H33BrN2O7/c1-6-29(7-2)11-8-12-30-23(16-13-20(35-3)26(37-5)21(14-16)36-4)22(25(33)27(30)34)24(32)18-15-17(28)9-10-19(18)31/h9-10,13-15,23,31-32H,6-8,11-12H2,1-5H3. The van der Waals surface area contributed by atoms with Crippen molar-refractivity contribution in [3.05, 3.63) is 51.5 Å². The molecule has 1 atom stereocenters. The molecule has 0 spiro atoms. The lowest BCUT2D eigenvalue weighted by Gasteiger charge is -2.27. The van der Waals surface area contributed by atoms with E-state index in [9.17, 15) is 19.8 Å². The number of aliphatic hydroxyl groups excluding tert-OH is 1. The molecule has 0 bridgehead atoms. The first-order valence-corrected chi connectivity index (χ1v) is 12.8. The van der Waals surface area contributed by atoms with Crippen LogP contribution in [0.2, 0.25) is 0 Å². The highest BCUT2D eigenvalue weighted by atomic mass is 79.9. The predicted octanol–water partition coefficient (Wildman–Crippen LogP) is 4.33. The normalized spacial score (nSPS) is 16.9. The van der Waals surface area contributed by atoms with Crippen LogP contribution < -0.4 is 14.2 Å². The molecule has 2 aromatic rings. The van der Waals surface area contributed by atoms with E-state index < -0.39 is 23.5 Å². The monoisotopic (exact) mass is 576 g/mol. The van der Waals surface area contributed by atoms with Gasteiger partial charge in [0.15, 0.2) is 11.5 Å². The van der Waals surface area contributed by atoms with E-state index in [1.54, 1.807) is 18.2 Å². The molecule has 200 valence electrons. The topological polar surface area (TPSA) is 109 Å². The number of phenolic OH excluding ortho intramolecular Hbond substituents is 1. The highest BCUT2D eigenvalue weighted by Crippen LogP contribution is 2.46. The summed E-state index contributed by atoms with van der Waals surface area (Å²) in [5.74, 6) is -1.21. The number of carbonyl (C=O) groups is 2. The molecule has 3 rings (SSSR count). The molecule has 0 radical (unpaired) electrons. The molecule has 0 saturated carbocycles. The van der Waals surface area contributed by atoms with Crippen molar-refractivity contribution < 1.29 is 34.0 Å². The third kappa shape index (κ3) is 5.70. The number of hydrogen-bond acceptors (Lipinski definition) is 8. The number of hydrogen-bond donors (Lipinski definition) is 2. The van der Waals surface area contributed by atoms with Crippen molar-refractivity contribution >= 4 is 33.4 Å². The van der Waals surface area contributed by atoms with E-state index in [-0.39, 0.29) is 23.4 Å². The van der Waals surface area contributed by atoms with Crippen LogP contribution in [-0.2, 0) is 9.59 Å². The fourth-order valence-corrected chi connectivity index (χ4v) is 4.93. The Hall–Kier alpha value is -3.24. The molecule has 1 saturated heterocycles. The van der Waals surface area contributed by atoms with Crippen molar-refractivity contribution in [2.75, 3.05) is 47.5 Å². The molecule has 1 heterocycles. The van der Waals surface area contributed by atoms with Gasteiger partial charge in [-0.25, -0.2) is 0 Å². The second kappa shape index (κ2) is 12.3. The summed E-state index contributed by atoms with van der Waals surface area (Å²) >= 11 is 3.33. The Labute approximate surface area is 225 Å². The Bertz CT molecular complexity index is 1170. The molecule has 0 aromatic heterocycles. The molecule has 1 fully saturated rings. The van der Waals surface area contributed by atoms with Gasteiger partial charge in [0.1, 0.15) is 11.5 Å². The number of halogens is 1. The molecule has 2 aromatic carbocycles. The van der Waals surface area contributed by atoms with E-state index in [0.29, 0.717) is 33.7 Å². The Morgan fingerprint density at radius 1 is 1.03 bits per heavy atom. The minimum atomic E-state index is -0.941. The first-order chi connectivity index (χ1) is 17.7. The van der Waals surface area contributed by atoms with E-state index >= 15 is 0 Å². The van der Waals surface area contributed by atoms with E-state index in [1.807, 2.05) is 0 Å². The summed E-state index contributed by atoms with van der Waals surface area (Å²) in [6, 6.07) is 6.86. The average molecular weight is 577 g/mol. The lowest BCUT2D eigenvalue weighted by Crippen LogP contribution is -2.33. The Morgan fingerprint density at radius 2 is 1.65 bits per heavy atom. The second-order valence-electron chi connectivity index (χ2n) is 8.49. The maximum atomic E-state index is 13.4. The number of aliphatic hydroxyl groups is 1. The van der Waals surface area contributed by atoms with Crippen LogP contribution in [0, 0.1) is 0 Å². The molecule has 10 heteroatoms. The molecule has 0 aliphatic carbocycles. The first kappa shape index (κ1) is 28.3. The van der Waals surface area contributed by atoms with Crippen LogP contribution in [0.4, 0.5) is 0 Å². The Balaban J connectivity index is 2.21. The molecular weight excluding hydrogens is 544 g/mol. The van der Waals surface area contributed by atoms with Crippen LogP contribution >= 0.6 is 15.9 Å². The number of benzene rings is 2. The third-order valence-corrected chi connectivity index (χ3v) is 7.02. The van der Waals surface area contributed by atoms with Crippen LogP contribution in [0.3, 0.4) is 0 Å². The van der Waals surface area contributed by atoms with Crippen LogP contribution in [0.5, 0.6) is 23.0 Å². The van der Waals surface area contributed by atoms with Gasteiger partial charge in [0.2, 0.25) is 5.75 Å². The molecule has 2 N–H and O–H groups in total. The Kier molecular flexibility index (Phi) is 9.45. The summed E-state index contributed by atoms with van der Waals surface area (Å²) < 4.78 is 17.0. The van der Waals surface area contributed by atoms with Crippen LogP contribution in [-0.4, -0.2) is 79.2 Å². The van der Waals surface area contributed by atoms with Gasteiger partial charge in [-0.15, -0.1) is 0 Å². The number of amides is 1. The van der Waals surface area contributed by atoms with E-state index in [1.165, 1.54) is 38.4 Å². The molecule has 1 aliphatic heterocycles. The van der Waals surface area contributed by atoms with Crippen molar-refractivity contribution in [1.82, 2.24) is 9.80 Å². The van der Waals surface area contributed by atoms with Crippen molar-refractivity contribution in [1.29, 1.82) is 0 Å². The zero-order chi connectivity index (χ0) is 27.3. The largest absolute Gasteiger partial charge is 0.507 e. The summed E-state index contributed by atoms with van der Waals surface area (Å²) in [7, 11) is 4.43. The van der Waals surface area contributed by atoms with Gasteiger partial charge in [-0.05, 0) is 62.0 Å². The molecule has 1 unspecified atom stereocenters. The summed E-state index contributed by atoms with van der Waals surface area (Å²) in [5, 5.41) is 21.8. The lowest BCUT2D eigenvalue weighted by atomic mass is 9.94. The van der Waals surface area contributed by atoms with Gasteiger partial charge in [-0.3, -0.25) is 9.59 Å². The van der Waals surface area contributed by atoms with Crippen LogP contribution in [0.1, 0.15) is 37.4 Å². The fraction of sp³-hybridized carbons (Fsp3) is 0.407. The van der Waals surface area contributed by atoms with E-state index in [4.69, 9.17) is 14.2 Å². The van der Waals surface area contributed by atoms with Crippen molar-refractivity contribution in [3.63, 3.8) is 0 Å². The average Bonchev–Trinajstić information content (AvgIpc) is 3.16. The predicted molar refractivity (Wildman–Crippen MR) is 143 cm³/mol. The number of aromatic hydroxyl groups is 1. The Morgan fingerprint density at radius 3 is 2.19 bits per heavy atom. The quantitative estimate of drug-likeness (QED) is 0.231. The minimum Gasteiger partial charge on any atom is -0.507 e. The van der Waals surface area contributed by atoms with Gasteiger partial charge in [-0.1, -0.05) is 29.8 Å². The molecule has 1 amide bonds. The molecular formula is C27H33BrN2O7. The number of carbonyl (C=O) groups excluding carboxylic acids is 2. The van der Waals surface area contributed by atoms with Crippen molar-refractivity contribution in [2.45, 2.75) is 26.3 Å². The second-order valence-corrected chi connectivity index (χ2v) is 9.41. The summed E-state index contributed by atoms with van der Waals surface area (Å²) in [5.41, 5.74) is 0.399. The summed E-state index contributed by atoms with van der Waals surface area (Å²) in [6.45, 7) is 6.89. The zero-order valence-electron chi connectivity index (χ0n) is 21.7.